The molecule has 0 radical (unpaired) electrons. The average Bonchev–Trinajstić information content (AvgIpc) is 3.29. The zero-order valence-electron chi connectivity index (χ0n) is 17.3. The van der Waals surface area contributed by atoms with Crippen LogP contribution in [-0.2, 0) is 16.6 Å². The van der Waals surface area contributed by atoms with Gasteiger partial charge in [-0.1, -0.05) is 12.1 Å². The van der Waals surface area contributed by atoms with Gasteiger partial charge >= 0.3 is 0 Å². The smallest absolute Gasteiger partial charge is 0.272 e. The number of para-hydroxylation sites is 2. The van der Waals surface area contributed by atoms with E-state index in [2.05, 4.69) is 20.0 Å². The number of benzene rings is 2. The van der Waals surface area contributed by atoms with Crippen molar-refractivity contribution in [3.05, 3.63) is 59.5 Å². The highest BCUT2D eigenvalue weighted by molar-refractivity contribution is 7.94. The van der Waals surface area contributed by atoms with E-state index in [0.717, 1.165) is 16.2 Å². The van der Waals surface area contributed by atoms with Crippen molar-refractivity contribution < 1.29 is 17.9 Å². The van der Waals surface area contributed by atoms with Gasteiger partial charge in [0.05, 0.1) is 25.3 Å². The lowest BCUT2D eigenvalue weighted by atomic mass is 10.2. The van der Waals surface area contributed by atoms with E-state index in [9.17, 15) is 8.42 Å². The lowest BCUT2D eigenvalue weighted by molar-refractivity contribution is 0.395. The number of methoxy groups -OCH3 is 2. The number of rotatable bonds is 8. The first-order chi connectivity index (χ1) is 15.4. The molecule has 0 atom stereocenters. The van der Waals surface area contributed by atoms with Crippen LogP contribution in [-0.4, -0.2) is 32.6 Å². The van der Waals surface area contributed by atoms with Crippen LogP contribution in [0.1, 0.15) is 4.88 Å². The number of ether oxygens (including phenoxy) is 2. The van der Waals surface area contributed by atoms with Gasteiger partial charge in [0.25, 0.3) is 10.0 Å². The number of hydrogen-bond acceptors (Lipinski definition) is 9. The summed E-state index contributed by atoms with van der Waals surface area (Å²) in [7, 11) is -0.798. The molecule has 0 aliphatic heterocycles. The number of anilines is 3. The quantitative estimate of drug-likeness (QED) is 0.355. The summed E-state index contributed by atoms with van der Waals surface area (Å²) < 4.78 is 39.3. The third kappa shape index (κ3) is 4.59. The highest BCUT2D eigenvalue weighted by Crippen LogP contribution is 2.32. The third-order valence-corrected chi connectivity index (χ3v) is 7.46. The summed E-state index contributed by atoms with van der Waals surface area (Å²) in [5.74, 6) is 1.43. The number of thiophene rings is 1. The van der Waals surface area contributed by atoms with Gasteiger partial charge in [-0.05, 0) is 24.3 Å². The Bertz CT molecular complexity index is 1350. The maximum Gasteiger partial charge on any atom is 0.272 e. The summed E-state index contributed by atoms with van der Waals surface area (Å²) in [6.07, 6.45) is 0. The monoisotopic (exact) mass is 471 g/mol. The molecule has 0 aliphatic carbocycles. The molecule has 0 fully saturated rings. The second-order valence-electron chi connectivity index (χ2n) is 6.67. The third-order valence-electron chi connectivity index (χ3n) is 4.52. The van der Waals surface area contributed by atoms with Crippen molar-refractivity contribution in [2.24, 2.45) is 5.73 Å². The molecule has 0 bridgehead atoms. The second-order valence-corrected chi connectivity index (χ2v) is 9.74. The summed E-state index contributed by atoms with van der Waals surface area (Å²) >= 11 is 1.11. The summed E-state index contributed by atoms with van der Waals surface area (Å²) in [6.45, 7) is 0.264. The van der Waals surface area contributed by atoms with E-state index in [1.807, 2.05) is 12.1 Å². The fourth-order valence-electron chi connectivity index (χ4n) is 2.96. The fourth-order valence-corrected chi connectivity index (χ4v) is 5.21. The number of sulfonamides is 1. The van der Waals surface area contributed by atoms with Gasteiger partial charge in [-0.2, -0.15) is 0 Å². The van der Waals surface area contributed by atoms with Gasteiger partial charge in [0.15, 0.2) is 11.6 Å². The molecule has 0 amide bonds. The number of nitrogens with zero attached hydrogens (tertiary/aromatic N) is 2. The molecule has 0 spiro atoms. The SMILES string of the molecule is COc1cc(Nc2nc3ccccc3nc2NS(=O)(=O)c2ccc(CN)s2)cc(OC)c1. The van der Waals surface area contributed by atoms with Crippen LogP contribution in [0.2, 0.25) is 0 Å². The van der Waals surface area contributed by atoms with Crippen molar-refractivity contribution in [2.75, 3.05) is 24.3 Å². The minimum atomic E-state index is -3.89. The van der Waals surface area contributed by atoms with Gasteiger partial charge < -0.3 is 20.5 Å². The lowest BCUT2D eigenvalue weighted by Gasteiger charge is -2.14. The lowest BCUT2D eigenvalue weighted by Crippen LogP contribution is -2.15. The molecular formula is C21H21N5O4S2. The zero-order chi connectivity index (χ0) is 22.7. The molecule has 2 heterocycles. The van der Waals surface area contributed by atoms with Crippen LogP contribution in [0, 0.1) is 0 Å². The van der Waals surface area contributed by atoms with Crippen LogP contribution in [0.25, 0.3) is 11.0 Å². The Labute approximate surface area is 189 Å². The fraction of sp³-hybridized carbons (Fsp3) is 0.143. The summed E-state index contributed by atoms with van der Waals surface area (Å²) in [5.41, 5.74) is 7.37. The number of nitrogens with one attached hydrogen (secondary N) is 2. The van der Waals surface area contributed by atoms with E-state index in [1.165, 1.54) is 6.07 Å². The minimum Gasteiger partial charge on any atom is -0.497 e. The molecule has 2 aromatic carbocycles. The number of nitrogens with two attached hydrogens (primary N) is 1. The molecule has 0 aliphatic rings. The Morgan fingerprint density at radius 2 is 1.56 bits per heavy atom. The summed E-state index contributed by atoms with van der Waals surface area (Å²) in [5, 5.41) is 3.13. The Hall–Kier alpha value is -3.41. The molecule has 4 N–H and O–H groups in total. The first-order valence-corrected chi connectivity index (χ1v) is 11.8. The molecule has 11 heteroatoms. The van der Waals surface area contributed by atoms with Crippen molar-refractivity contribution in [3.8, 4) is 11.5 Å². The molecular weight excluding hydrogens is 450 g/mol. The van der Waals surface area contributed by atoms with Gasteiger partial charge in [-0.25, -0.2) is 18.4 Å². The maximum absolute atomic E-state index is 13.0. The van der Waals surface area contributed by atoms with E-state index in [0.29, 0.717) is 28.2 Å². The van der Waals surface area contributed by atoms with Crippen molar-refractivity contribution in [3.63, 3.8) is 0 Å². The van der Waals surface area contributed by atoms with Crippen LogP contribution in [0.5, 0.6) is 11.5 Å². The highest BCUT2D eigenvalue weighted by Gasteiger charge is 2.21. The molecule has 32 heavy (non-hydrogen) atoms. The Kier molecular flexibility index (Phi) is 6.12. The minimum absolute atomic E-state index is 0.0631. The predicted molar refractivity (Wildman–Crippen MR) is 125 cm³/mol. The molecule has 4 rings (SSSR count). The van der Waals surface area contributed by atoms with Gasteiger partial charge in [0, 0.05) is 35.3 Å². The first kappa shape index (κ1) is 21.8. The first-order valence-electron chi connectivity index (χ1n) is 9.50. The largest absolute Gasteiger partial charge is 0.497 e. The van der Waals surface area contributed by atoms with Crippen molar-refractivity contribution in [2.45, 2.75) is 10.8 Å². The van der Waals surface area contributed by atoms with Gasteiger partial charge in [0.1, 0.15) is 15.7 Å². The van der Waals surface area contributed by atoms with Crippen molar-refractivity contribution in [1.29, 1.82) is 0 Å². The molecule has 166 valence electrons. The molecule has 0 saturated heterocycles. The number of hydrogen-bond donors (Lipinski definition) is 3. The number of fused-ring (bicyclic) bond motifs is 1. The molecule has 9 nitrogen and oxygen atoms in total. The van der Waals surface area contributed by atoms with E-state index in [1.54, 1.807) is 50.6 Å². The van der Waals surface area contributed by atoms with E-state index >= 15 is 0 Å². The van der Waals surface area contributed by atoms with Gasteiger partial charge in [-0.3, -0.25) is 4.72 Å². The van der Waals surface area contributed by atoms with Crippen LogP contribution in [0.4, 0.5) is 17.3 Å². The number of aromatic nitrogens is 2. The average molecular weight is 472 g/mol. The zero-order valence-corrected chi connectivity index (χ0v) is 19.0. The molecule has 2 aromatic heterocycles. The summed E-state index contributed by atoms with van der Waals surface area (Å²) in [6, 6.07) is 15.6. The van der Waals surface area contributed by atoms with Crippen LogP contribution in [0.15, 0.2) is 58.8 Å². The molecule has 0 unspecified atom stereocenters. The van der Waals surface area contributed by atoms with Crippen LogP contribution in [0.3, 0.4) is 0 Å². The Morgan fingerprint density at radius 3 is 2.12 bits per heavy atom. The Balaban J connectivity index is 1.77. The van der Waals surface area contributed by atoms with Crippen molar-refractivity contribution >= 4 is 49.7 Å². The van der Waals surface area contributed by atoms with E-state index in [-0.39, 0.29) is 22.4 Å². The van der Waals surface area contributed by atoms with Crippen molar-refractivity contribution in [1.82, 2.24) is 9.97 Å². The molecule has 4 aromatic rings. The Morgan fingerprint density at radius 1 is 0.938 bits per heavy atom. The van der Waals surface area contributed by atoms with E-state index in [4.69, 9.17) is 15.2 Å². The second kappa shape index (κ2) is 8.99. The molecule has 0 saturated carbocycles. The predicted octanol–water partition coefficient (Wildman–Crippen LogP) is 3.71. The summed E-state index contributed by atoms with van der Waals surface area (Å²) in [4.78, 5) is 9.84. The topological polar surface area (TPSA) is 128 Å². The van der Waals surface area contributed by atoms with Gasteiger partial charge in [-0.15, -0.1) is 11.3 Å². The van der Waals surface area contributed by atoms with Crippen LogP contribution < -0.4 is 25.2 Å². The standard InChI is InChI=1S/C21H21N5O4S2/c1-29-14-9-13(10-15(11-14)30-2)23-20-21(25-18-6-4-3-5-17(18)24-20)26-32(27,28)19-8-7-16(12-22)31-19/h3-11H,12,22H2,1-2H3,(H,23,24)(H,25,26). The highest BCUT2D eigenvalue weighted by atomic mass is 32.2. The normalized spacial score (nSPS) is 11.3. The van der Waals surface area contributed by atoms with Gasteiger partial charge in [0.2, 0.25) is 0 Å². The van der Waals surface area contributed by atoms with Crippen LogP contribution >= 0.6 is 11.3 Å². The van der Waals surface area contributed by atoms with E-state index < -0.39 is 10.0 Å². The maximum atomic E-state index is 13.0.